The Balaban J connectivity index is 1.47. The number of nitrogens with one attached hydrogen (secondary N) is 1. The SMILES string of the molecule is CC(=O)N(c1nc(CSc2n[nH]c(Cc3cccs3)n2)cs1)c1c(C)cc(C)cc1Cl. The highest BCUT2D eigenvalue weighted by Gasteiger charge is 2.22. The van der Waals surface area contributed by atoms with E-state index in [1.165, 1.54) is 34.9 Å². The Labute approximate surface area is 197 Å². The third-order valence-electron chi connectivity index (χ3n) is 4.45. The second-order valence-corrected chi connectivity index (χ2v) is 10.2. The predicted octanol–water partition coefficient (Wildman–Crippen LogP) is 6.16. The molecule has 6 nitrogen and oxygen atoms in total. The molecule has 0 radical (unpaired) electrons. The van der Waals surface area contributed by atoms with Crippen molar-refractivity contribution in [3.05, 3.63) is 67.6 Å². The fourth-order valence-corrected chi connectivity index (χ4v) is 5.99. The van der Waals surface area contributed by atoms with Crippen LogP contribution in [0.4, 0.5) is 10.8 Å². The van der Waals surface area contributed by atoms with E-state index in [-0.39, 0.29) is 5.91 Å². The summed E-state index contributed by atoms with van der Waals surface area (Å²) in [5.74, 6) is 1.32. The zero-order valence-corrected chi connectivity index (χ0v) is 20.4. The van der Waals surface area contributed by atoms with E-state index in [0.717, 1.165) is 29.1 Å². The first-order chi connectivity index (χ1) is 14.9. The van der Waals surface area contributed by atoms with E-state index in [1.54, 1.807) is 16.2 Å². The number of carbonyl (C=O) groups excluding carboxylic acids is 1. The second kappa shape index (κ2) is 9.52. The van der Waals surface area contributed by atoms with Crippen LogP contribution in [0.2, 0.25) is 5.02 Å². The van der Waals surface area contributed by atoms with Gasteiger partial charge in [-0.25, -0.2) is 9.97 Å². The minimum absolute atomic E-state index is 0.130. The van der Waals surface area contributed by atoms with Gasteiger partial charge in [0.1, 0.15) is 5.82 Å². The monoisotopic (exact) mass is 489 g/mol. The largest absolute Gasteiger partial charge is 0.274 e. The molecule has 0 spiro atoms. The number of hydrogen-bond acceptors (Lipinski definition) is 7. The molecule has 1 amide bonds. The van der Waals surface area contributed by atoms with Crippen LogP contribution < -0.4 is 4.90 Å². The van der Waals surface area contributed by atoms with Gasteiger partial charge in [0.2, 0.25) is 11.1 Å². The minimum Gasteiger partial charge on any atom is -0.274 e. The van der Waals surface area contributed by atoms with E-state index in [9.17, 15) is 4.79 Å². The van der Waals surface area contributed by atoms with Gasteiger partial charge in [0.25, 0.3) is 0 Å². The van der Waals surface area contributed by atoms with Crippen LogP contribution in [0.3, 0.4) is 0 Å². The summed E-state index contributed by atoms with van der Waals surface area (Å²) in [5, 5.41) is 13.1. The molecule has 1 N–H and O–H groups in total. The maximum Gasteiger partial charge on any atom is 0.230 e. The number of nitrogens with zero attached hydrogens (tertiary/aromatic N) is 4. The summed E-state index contributed by atoms with van der Waals surface area (Å²) in [6, 6.07) is 7.99. The van der Waals surface area contributed by atoms with Crippen LogP contribution in [0.1, 0.15) is 34.4 Å². The van der Waals surface area contributed by atoms with Gasteiger partial charge in [0, 0.05) is 29.4 Å². The average molecular weight is 490 g/mol. The minimum atomic E-state index is -0.130. The molecule has 1 aromatic carbocycles. The lowest BCUT2D eigenvalue weighted by molar-refractivity contribution is -0.115. The Bertz CT molecular complexity index is 1180. The zero-order valence-electron chi connectivity index (χ0n) is 17.2. The van der Waals surface area contributed by atoms with Crippen molar-refractivity contribution in [1.29, 1.82) is 0 Å². The molecule has 31 heavy (non-hydrogen) atoms. The van der Waals surface area contributed by atoms with Gasteiger partial charge >= 0.3 is 0 Å². The molecule has 4 rings (SSSR count). The molecule has 160 valence electrons. The Kier molecular flexibility index (Phi) is 6.76. The van der Waals surface area contributed by atoms with E-state index < -0.39 is 0 Å². The molecule has 0 saturated heterocycles. The third-order valence-corrected chi connectivity index (χ3v) is 7.37. The summed E-state index contributed by atoms with van der Waals surface area (Å²) in [6.07, 6.45) is 0.746. The van der Waals surface area contributed by atoms with Crippen molar-refractivity contribution >= 4 is 62.8 Å². The predicted molar refractivity (Wildman–Crippen MR) is 129 cm³/mol. The molecule has 0 atom stereocenters. The van der Waals surface area contributed by atoms with Crippen LogP contribution in [-0.2, 0) is 17.0 Å². The highest BCUT2D eigenvalue weighted by atomic mass is 35.5. The third kappa shape index (κ3) is 5.17. The van der Waals surface area contributed by atoms with Gasteiger partial charge in [-0.1, -0.05) is 35.5 Å². The molecule has 0 unspecified atom stereocenters. The smallest absolute Gasteiger partial charge is 0.230 e. The number of thiophene rings is 1. The van der Waals surface area contributed by atoms with Crippen LogP contribution in [0.25, 0.3) is 0 Å². The van der Waals surface area contributed by atoms with Crippen molar-refractivity contribution < 1.29 is 4.79 Å². The van der Waals surface area contributed by atoms with Gasteiger partial charge in [-0.15, -0.1) is 27.8 Å². The molecule has 0 saturated carbocycles. The number of aromatic nitrogens is 4. The number of aryl methyl sites for hydroxylation is 2. The molecule has 0 aliphatic rings. The van der Waals surface area contributed by atoms with Crippen molar-refractivity contribution in [3.63, 3.8) is 0 Å². The Morgan fingerprint density at radius 3 is 2.81 bits per heavy atom. The van der Waals surface area contributed by atoms with Crippen molar-refractivity contribution in [2.45, 2.75) is 38.1 Å². The fourth-order valence-electron chi connectivity index (χ4n) is 3.18. The number of amides is 1. The lowest BCUT2D eigenvalue weighted by Gasteiger charge is -2.22. The average Bonchev–Trinajstić information content (AvgIpc) is 3.45. The number of rotatable bonds is 7. The van der Waals surface area contributed by atoms with Gasteiger partial charge in [0.15, 0.2) is 5.13 Å². The van der Waals surface area contributed by atoms with E-state index in [4.69, 9.17) is 11.6 Å². The van der Waals surface area contributed by atoms with Crippen molar-refractivity contribution in [2.24, 2.45) is 0 Å². The van der Waals surface area contributed by atoms with Gasteiger partial charge in [-0.05, 0) is 42.5 Å². The molecular formula is C21H20ClN5OS3. The summed E-state index contributed by atoms with van der Waals surface area (Å²) in [6.45, 7) is 5.45. The standard InChI is InChI=1S/C21H20ClN5OS3/c1-12-7-13(2)19(17(22)8-12)27(14(3)28)21-23-15(11-31-21)10-30-20-24-18(25-26-20)9-16-5-4-6-29-16/h4-8,11H,9-10H2,1-3H3,(H,24,25,26). The highest BCUT2D eigenvalue weighted by Crippen LogP contribution is 2.38. The Morgan fingerprint density at radius 2 is 2.10 bits per heavy atom. The number of thiazole rings is 1. The van der Waals surface area contributed by atoms with Crippen molar-refractivity contribution in [1.82, 2.24) is 20.2 Å². The number of H-pyrrole nitrogens is 1. The molecule has 10 heteroatoms. The molecule has 3 heterocycles. The number of benzene rings is 1. The van der Waals surface area contributed by atoms with Crippen LogP contribution in [-0.4, -0.2) is 26.1 Å². The summed E-state index contributed by atoms with van der Waals surface area (Å²) >= 11 is 11.1. The number of anilines is 2. The molecule has 0 aliphatic carbocycles. The molecular weight excluding hydrogens is 470 g/mol. The number of aromatic amines is 1. The molecule has 4 aromatic rings. The first-order valence-corrected chi connectivity index (χ1v) is 12.6. The Hall–Kier alpha value is -2.20. The maximum absolute atomic E-state index is 12.5. The van der Waals surface area contributed by atoms with Gasteiger partial charge in [-0.3, -0.25) is 14.8 Å². The van der Waals surface area contributed by atoms with Crippen LogP contribution in [0.15, 0.2) is 40.2 Å². The summed E-state index contributed by atoms with van der Waals surface area (Å²) in [7, 11) is 0. The second-order valence-electron chi connectivity index (χ2n) is 7.00. The number of carbonyl (C=O) groups is 1. The lowest BCUT2D eigenvalue weighted by Crippen LogP contribution is -2.24. The van der Waals surface area contributed by atoms with Crippen molar-refractivity contribution in [3.8, 4) is 0 Å². The molecule has 0 aliphatic heterocycles. The summed E-state index contributed by atoms with van der Waals surface area (Å²) < 4.78 is 0. The Morgan fingerprint density at radius 1 is 1.26 bits per heavy atom. The van der Waals surface area contributed by atoms with Crippen LogP contribution in [0, 0.1) is 13.8 Å². The maximum atomic E-state index is 12.5. The zero-order chi connectivity index (χ0) is 22.0. The topological polar surface area (TPSA) is 74.8 Å². The van der Waals surface area contributed by atoms with E-state index in [1.807, 2.05) is 37.4 Å². The van der Waals surface area contributed by atoms with Crippen LogP contribution >= 0.6 is 46.0 Å². The van der Waals surface area contributed by atoms with E-state index >= 15 is 0 Å². The van der Waals surface area contributed by atoms with Crippen LogP contribution in [0.5, 0.6) is 0 Å². The summed E-state index contributed by atoms with van der Waals surface area (Å²) in [4.78, 5) is 24.5. The van der Waals surface area contributed by atoms with E-state index in [0.29, 0.717) is 26.8 Å². The quantitative estimate of drug-likeness (QED) is 0.314. The van der Waals surface area contributed by atoms with Gasteiger partial charge < -0.3 is 0 Å². The summed E-state index contributed by atoms with van der Waals surface area (Å²) in [5.41, 5.74) is 3.53. The number of thioether (sulfide) groups is 1. The normalized spacial score (nSPS) is 11.1. The number of halogens is 1. The first kappa shape index (κ1) is 22.0. The van der Waals surface area contributed by atoms with Gasteiger partial charge in [-0.2, -0.15) is 0 Å². The highest BCUT2D eigenvalue weighted by molar-refractivity contribution is 7.98. The fraction of sp³-hybridized carbons (Fsp3) is 0.238. The molecule has 0 fully saturated rings. The van der Waals surface area contributed by atoms with E-state index in [2.05, 4.69) is 31.6 Å². The first-order valence-electron chi connectivity index (χ1n) is 9.49. The molecule has 0 bridgehead atoms. The lowest BCUT2D eigenvalue weighted by atomic mass is 10.1. The molecule has 3 aromatic heterocycles. The van der Waals surface area contributed by atoms with Gasteiger partial charge in [0.05, 0.1) is 16.4 Å². The number of hydrogen-bond donors (Lipinski definition) is 1. The van der Waals surface area contributed by atoms with Crippen molar-refractivity contribution in [2.75, 3.05) is 4.90 Å².